The highest BCUT2D eigenvalue weighted by Crippen LogP contribution is 2.32. The van der Waals surface area contributed by atoms with Gasteiger partial charge in [-0.05, 0) is 31.6 Å². The molecule has 0 amide bonds. The van der Waals surface area contributed by atoms with Gasteiger partial charge in [-0.1, -0.05) is 0 Å². The quantitative estimate of drug-likeness (QED) is 0.681. The molecule has 2 aromatic rings. The van der Waals surface area contributed by atoms with Crippen LogP contribution in [0.2, 0.25) is 0 Å². The van der Waals surface area contributed by atoms with Crippen molar-refractivity contribution in [1.29, 1.82) is 0 Å². The SMILES string of the molecule is COC(=O)c1ccc(/C=C2/CCc3oc(C(=O)O)c(C)c3C2=O)o1. The molecule has 0 spiro atoms. The van der Waals surface area contributed by atoms with E-state index in [0.29, 0.717) is 41.1 Å². The molecule has 7 nitrogen and oxygen atoms in total. The summed E-state index contributed by atoms with van der Waals surface area (Å²) in [4.78, 5) is 35.1. The maximum Gasteiger partial charge on any atom is 0.373 e. The van der Waals surface area contributed by atoms with E-state index in [1.165, 1.54) is 13.2 Å². The molecule has 0 saturated heterocycles. The monoisotopic (exact) mass is 330 g/mol. The number of carbonyl (C=O) groups is 3. The Labute approximate surface area is 136 Å². The molecule has 1 aliphatic carbocycles. The van der Waals surface area contributed by atoms with Crippen LogP contribution in [-0.2, 0) is 11.2 Å². The van der Waals surface area contributed by atoms with Gasteiger partial charge in [-0.15, -0.1) is 0 Å². The van der Waals surface area contributed by atoms with E-state index >= 15 is 0 Å². The number of carboxylic acids is 1. The van der Waals surface area contributed by atoms with Crippen LogP contribution in [0.25, 0.3) is 6.08 Å². The van der Waals surface area contributed by atoms with Crippen molar-refractivity contribution in [3.05, 3.63) is 51.9 Å². The second-order valence-corrected chi connectivity index (χ2v) is 5.35. The minimum absolute atomic E-state index is 0.0425. The van der Waals surface area contributed by atoms with E-state index in [9.17, 15) is 14.4 Å². The van der Waals surface area contributed by atoms with Gasteiger partial charge in [-0.25, -0.2) is 9.59 Å². The van der Waals surface area contributed by atoms with Crippen molar-refractivity contribution in [3.63, 3.8) is 0 Å². The summed E-state index contributed by atoms with van der Waals surface area (Å²) in [6.07, 6.45) is 2.36. The second kappa shape index (κ2) is 5.84. The number of methoxy groups -OCH3 is 1. The van der Waals surface area contributed by atoms with Gasteiger partial charge in [0.05, 0.1) is 12.7 Å². The third-order valence-corrected chi connectivity index (χ3v) is 3.88. The molecule has 7 heteroatoms. The van der Waals surface area contributed by atoms with Crippen LogP contribution in [0.3, 0.4) is 0 Å². The molecule has 0 fully saturated rings. The third-order valence-electron chi connectivity index (χ3n) is 3.88. The van der Waals surface area contributed by atoms with Crippen molar-refractivity contribution in [3.8, 4) is 0 Å². The Hall–Kier alpha value is -3.09. The van der Waals surface area contributed by atoms with Gasteiger partial charge in [0.15, 0.2) is 5.78 Å². The highest BCUT2D eigenvalue weighted by molar-refractivity contribution is 6.14. The Morgan fingerprint density at radius 1 is 1.25 bits per heavy atom. The molecule has 1 N–H and O–H groups in total. The molecule has 0 atom stereocenters. The van der Waals surface area contributed by atoms with Gasteiger partial charge in [-0.3, -0.25) is 4.79 Å². The maximum atomic E-state index is 12.6. The van der Waals surface area contributed by atoms with Crippen LogP contribution in [0, 0.1) is 6.92 Å². The second-order valence-electron chi connectivity index (χ2n) is 5.35. The van der Waals surface area contributed by atoms with Gasteiger partial charge < -0.3 is 18.7 Å². The molecule has 0 aromatic carbocycles. The van der Waals surface area contributed by atoms with Crippen molar-refractivity contribution < 1.29 is 33.1 Å². The third kappa shape index (κ3) is 2.54. The van der Waals surface area contributed by atoms with Crippen LogP contribution < -0.4 is 0 Å². The van der Waals surface area contributed by atoms with Crippen molar-refractivity contribution in [1.82, 2.24) is 0 Å². The maximum absolute atomic E-state index is 12.6. The van der Waals surface area contributed by atoms with Gasteiger partial charge in [0.2, 0.25) is 11.5 Å². The molecule has 0 bridgehead atoms. The summed E-state index contributed by atoms with van der Waals surface area (Å²) in [6, 6.07) is 3.02. The Balaban J connectivity index is 1.95. The van der Waals surface area contributed by atoms with Gasteiger partial charge in [-0.2, -0.15) is 0 Å². The molecule has 0 unspecified atom stereocenters. The van der Waals surface area contributed by atoms with E-state index in [4.69, 9.17) is 13.9 Å². The molecule has 0 saturated carbocycles. The molecule has 0 aliphatic heterocycles. The number of ether oxygens (including phenoxy) is 1. The van der Waals surface area contributed by atoms with Gasteiger partial charge in [0.1, 0.15) is 11.5 Å². The van der Waals surface area contributed by atoms with Crippen molar-refractivity contribution in [2.24, 2.45) is 0 Å². The first kappa shape index (κ1) is 15.8. The largest absolute Gasteiger partial charge is 0.475 e. The number of carbonyl (C=O) groups excluding carboxylic acids is 2. The predicted octanol–water partition coefficient (Wildman–Crippen LogP) is 2.88. The van der Waals surface area contributed by atoms with Gasteiger partial charge in [0.25, 0.3) is 0 Å². The summed E-state index contributed by atoms with van der Waals surface area (Å²) in [5.41, 5.74) is 1.08. The fourth-order valence-corrected chi connectivity index (χ4v) is 2.72. The fraction of sp³-hybridized carbons (Fsp3) is 0.235. The number of aromatic carboxylic acids is 1. The lowest BCUT2D eigenvalue weighted by atomic mass is 9.89. The predicted molar refractivity (Wildman–Crippen MR) is 81.1 cm³/mol. The molecule has 24 heavy (non-hydrogen) atoms. The van der Waals surface area contributed by atoms with E-state index in [1.54, 1.807) is 19.1 Å². The van der Waals surface area contributed by atoms with E-state index < -0.39 is 11.9 Å². The Morgan fingerprint density at radius 2 is 2.00 bits per heavy atom. The summed E-state index contributed by atoms with van der Waals surface area (Å²) in [5.74, 6) is -1.52. The topological polar surface area (TPSA) is 107 Å². The lowest BCUT2D eigenvalue weighted by molar-refractivity contribution is 0.0563. The Morgan fingerprint density at radius 3 is 2.67 bits per heavy atom. The number of rotatable bonds is 3. The first-order chi connectivity index (χ1) is 11.4. The number of carboxylic acid groups (broad SMARTS) is 1. The van der Waals surface area contributed by atoms with E-state index in [2.05, 4.69) is 4.74 Å². The number of fused-ring (bicyclic) bond motifs is 1. The number of furan rings is 2. The zero-order chi connectivity index (χ0) is 17.4. The molecule has 124 valence electrons. The molecular weight excluding hydrogens is 316 g/mol. The van der Waals surface area contributed by atoms with Gasteiger partial charge in [0, 0.05) is 17.6 Å². The number of allylic oxidation sites excluding steroid dienone is 1. The van der Waals surface area contributed by atoms with Crippen LogP contribution in [-0.4, -0.2) is 29.9 Å². The van der Waals surface area contributed by atoms with Crippen LogP contribution >= 0.6 is 0 Å². The first-order valence-corrected chi connectivity index (χ1v) is 7.21. The number of hydrogen-bond acceptors (Lipinski definition) is 6. The average Bonchev–Trinajstić information content (AvgIpc) is 3.14. The molecule has 2 heterocycles. The molecule has 0 radical (unpaired) electrons. The molecule has 3 rings (SSSR count). The van der Waals surface area contributed by atoms with E-state index in [1.807, 2.05) is 0 Å². The number of ketones is 1. The van der Waals surface area contributed by atoms with E-state index in [0.717, 1.165) is 0 Å². The van der Waals surface area contributed by atoms with Crippen molar-refractivity contribution >= 4 is 23.8 Å². The molecule has 2 aromatic heterocycles. The number of aryl methyl sites for hydroxylation is 1. The van der Waals surface area contributed by atoms with Crippen molar-refractivity contribution in [2.75, 3.05) is 7.11 Å². The zero-order valence-corrected chi connectivity index (χ0v) is 13.0. The number of Topliss-reactive ketones (excluding diaryl/α,β-unsaturated/α-hetero) is 1. The summed E-state index contributed by atoms with van der Waals surface area (Å²) in [5, 5.41) is 9.10. The molecule has 1 aliphatic rings. The summed E-state index contributed by atoms with van der Waals surface area (Å²) < 4.78 is 15.2. The minimum Gasteiger partial charge on any atom is -0.475 e. The van der Waals surface area contributed by atoms with Crippen LogP contribution in [0.5, 0.6) is 0 Å². The fourth-order valence-electron chi connectivity index (χ4n) is 2.72. The van der Waals surface area contributed by atoms with Crippen LogP contribution in [0.4, 0.5) is 0 Å². The highest BCUT2D eigenvalue weighted by Gasteiger charge is 2.31. The Bertz CT molecular complexity index is 879. The lowest BCUT2D eigenvalue weighted by Crippen LogP contribution is -2.13. The average molecular weight is 330 g/mol. The minimum atomic E-state index is -1.20. The number of hydrogen-bond donors (Lipinski definition) is 1. The van der Waals surface area contributed by atoms with E-state index in [-0.39, 0.29) is 17.3 Å². The zero-order valence-electron chi connectivity index (χ0n) is 13.0. The number of esters is 1. The Kier molecular flexibility index (Phi) is 3.84. The highest BCUT2D eigenvalue weighted by atomic mass is 16.5. The van der Waals surface area contributed by atoms with Crippen LogP contribution in [0.1, 0.15) is 55.0 Å². The summed E-state index contributed by atoms with van der Waals surface area (Å²) in [6.45, 7) is 1.55. The lowest BCUT2D eigenvalue weighted by Gasteiger charge is -2.12. The van der Waals surface area contributed by atoms with Crippen LogP contribution in [0.15, 0.2) is 26.5 Å². The normalized spacial score (nSPS) is 15.4. The smallest absolute Gasteiger partial charge is 0.373 e. The van der Waals surface area contributed by atoms with Crippen molar-refractivity contribution in [2.45, 2.75) is 19.8 Å². The van der Waals surface area contributed by atoms with Gasteiger partial charge >= 0.3 is 11.9 Å². The molecular formula is C17H14O7. The first-order valence-electron chi connectivity index (χ1n) is 7.21. The summed E-state index contributed by atoms with van der Waals surface area (Å²) in [7, 11) is 1.25. The standard InChI is InChI=1S/C17H14O7/c1-8-13-11(24-15(8)16(19)20)5-3-9(14(13)18)7-10-4-6-12(23-10)17(21)22-2/h4,6-7H,3,5H2,1-2H3,(H,19,20)/b9-7-. The summed E-state index contributed by atoms with van der Waals surface area (Å²) >= 11 is 0.